The van der Waals surface area contributed by atoms with Gasteiger partial charge in [-0.3, -0.25) is 0 Å². The standard InChI is InChI=1S/C13H23ClN4/c1-4-6-8-10(7-5-2)17-12-11(14)9-16-13(15-3)18-12/h9-10H,4-8H2,1-3H3,(H2,15,16,17,18). The Morgan fingerprint density at radius 1 is 1.28 bits per heavy atom. The van der Waals surface area contributed by atoms with Gasteiger partial charge in [-0.25, -0.2) is 4.98 Å². The van der Waals surface area contributed by atoms with Gasteiger partial charge in [0.15, 0.2) is 5.82 Å². The predicted octanol–water partition coefficient (Wildman–Crippen LogP) is 3.94. The summed E-state index contributed by atoms with van der Waals surface area (Å²) in [5.41, 5.74) is 0. The van der Waals surface area contributed by atoms with Crippen molar-refractivity contribution < 1.29 is 0 Å². The highest BCUT2D eigenvalue weighted by Crippen LogP contribution is 2.22. The molecule has 1 aromatic rings. The van der Waals surface area contributed by atoms with E-state index in [0.717, 1.165) is 25.1 Å². The molecule has 102 valence electrons. The molecule has 0 aliphatic heterocycles. The van der Waals surface area contributed by atoms with Gasteiger partial charge in [0.25, 0.3) is 0 Å². The molecule has 4 nitrogen and oxygen atoms in total. The van der Waals surface area contributed by atoms with E-state index in [1.165, 1.54) is 12.8 Å². The summed E-state index contributed by atoms with van der Waals surface area (Å²) in [6, 6.07) is 0.437. The van der Waals surface area contributed by atoms with Crippen LogP contribution >= 0.6 is 11.6 Å². The maximum atomic E-state index is 6.12. The molecule has 0 aliphatic rings. The lowest BCUT2D eigenvalue weighted by Gasteiger charge is -2.19. The van der Waals surface area contributed by atoms with Gasteiger partial charge in [0.1, 0.15) is 5.02 Å². The number of nitrogens with one attached hydrogen (secondary N) is 2. The van der Waals surface area contributed by atoms with Crippen molar-refractivity contribution >= 4 is 23.4 Å². The van der Waals surface area contributed by atoms with Crippen LogP contribution in [0.1, 0.15) is 46.0 Å². The van der Waals surface area contributed by atoms with E-state index in [2.05, 4.69) is 34.4 Å². The molecule has 0 saturated heterocycles. The van der Waals surface area contributed by atoms with E-state index in [-0.39, 0.29) is 0 Å². The molecule has 0 saturated carbocycles. The van der Waals surface area contributed by atoms with Crippen LogP contribution in [0.15, 0.2) is 6.20 Å². The molecule has 0 aliphatic carbocycles. The molecule has 0 bridgehead atoms. The highest BCUT2D eigenvalue weighted by molar-refractivity contribution is 6.32. The Morgan fingerprint density at radius 3 is 2.67 bits per heavy atom. The van der Waals surface area contributed by atoms with Crippen molar-refractivity contribution in [3.8, 4) is 0 Å². The van der Waals surface area contributed by atoms with Crippen LogP contribution in [-0.2, 0) is 0 Å². The molecule has 0 fully saturated rings. The first-order valence-electron chi connectivity index (χ1n) is 6.68. The Bertz CT molecular complexity index is 357. The number of unbranched alkanes of at least 4 members (excludes halogenated alkanes) is 1. The first-order valence-corrected chi connectivity index (χ1v) is 7.05. The molecule has 1 unspecified atom stereocenters. The van der Waals surface area contributed by atoms with Crippen LogP contribution < -0.4 is 10.6 Å². The third-order valence-corrected chi connectivity index (χ3v) is 3.13. The lowest BCUT2D eigenvalue weighted by molar-refractivity contribution is 0.563. The first-order chi connectivity index (χ1) is 8.71. The smallest absolute Gasteiger partial charge is 0.224 e. The monoisotopic (exact) mass is 270 g/mol. The third kappa shape index (κ3) is 4.69. The van der Waals surface area contributed by atoms with Gasteiger partial charge in [0.2, 0.25) is 5.95 Å². The second-order valence-electron chi connectivity index (χ2n) is 4.41. The van der Waals surface area contributed by atoms with E-state index in [0.29, 0.717) is 17.0 Å². The molecule has 0 amide bonds. The lowest BCUT2D eigenvalue weighted by Crippen LogP contribution is -2.20. The van der Waals surface area contributed by atoms with Gasteiger partial charge in [0, 0.05) is 13.1 Å². The number of rotatable bonds is 8. The zero-order valence-electron chi connectivity index (χ0n) is 11.5. The summed E-state index contributed by atoms with van der Waals surface area (Å²) in [6.45, 7) is 4.40. The van der Waals surface area contributed by atoms with Gasteiger partial charge in [-0.05, 0) is 12.8 Å². The second kappa shape index (κ2) is 8.14. The summed E-state index contributed by atoms with van der Waals surface area (Å²) >= 11 is 6.12. The van der Waals surface area contributed by atoms with Crippen LogP contribution in [0.3, 0.4) is 0 Å². The van der Waals surface area contributed by atoms with Gasteiger partial charge in [-0.2, -0.15) is 4.98 Å². The summed E-state index contributed by atoms with van der Waals surface area (Å²) in [5.74, 6) is 1.32. The van der Waals surface area contributed by atoms with E-state index in [9.17, 15) is 0 Å². The van der Waals surface area contributed by atoms with Crippen LogP contribution in [0.5, 0.6) is 0 Å². The Morgan fingerprint density at radius 2 is 2.06 bits per heavy atom. The van der Waals surface area contributed by atoms with Gasteiger partial charge in [-0.1, -0.05) is 44.7 Å². The predicted molar refractivity (Wildman–Crippen MR) is 78.4 cm³/mol. The fraction of sp³-hybridized carbons (Fsp3) is 0.692. The number of aromatic nitrogens is 2. The Labute approximate surface area is 115 Å². The van der Waals surface area contributed by atoms with E-state index in [4.69, 9.17) is 11.6 Å². The molecule has 5 heteroatoms. The minimum absolute atomic E-state index is 0.437. The van der Waals surface area contributed by atoms with Crippen LogP contribution in [-0.4, -0.2) is 23.1 Å². The molecule has 1 heterocycles. The maximum Gasteiger partial charge on any atom is 0.224 e. The lowest BCUT2D eigenvalue weighted by atomic mass is 10.1. The topological polar surface area (TPSA) is 49.8 Å². The fourth-order valence-corrected chi connectivity index (χ4v) is 2.02. The van der Waals surface area contributed by atoms with Crippen molar-refractivity contribution in [2.45, 2.75) is 52.0 Å². The number of hydrogen-bond acceptors (Lipinski definition) is 4. The van der Waals surface area contributed by atoms with Gasteiger partial charge >= 0.3 is 0 Å². The summed E-state index contributed by atoms with van der Waals surface area (Å²) in [4.78, 5) is 8.43. The van der Waals surface area contributed by atoms with Crippen molar-refractivity contribution in [1.82, 2.24) is 9.97 Å². The van der Waals surface area contributed by atoms with Crippen molar-refractivity contribution in [2.75, 3.05) is 17.7 Å². The molecule has 0 aromatic carbocycles. The normalized spacial score (nSPS) is 12.2. The fourth-order valence-electron chi connectivity index (χ4n) is 1.87. The van der Waals surface area contributed by atoms with E-state index in [1.807, 2.05) is 0 Å². The molecule has 1 aromatic heterocycles. The zero-order chi connectivity index (χ0) is 13.4. The van der Waals surface area contributed by atoms with Crippen LogP contribution in [0, 0.1) is 0 Å². The summed E-state index contributed by atoms with van der Waals surface area (Å²) in [5, 5.41) is 6.93. The minimum Gasteiger partial charge on any atom is -0.366 e. The Hall–Kier alpha value is -1.03. The minimum atomic E-state index is 0.437. The average molecular weight is 271 g/mol. The van der Waals surface area contributed by atoms with Gasteiger partial charge in [0.05, 0.1) is 6.20 Å². The molecular formula is C13H23ClN4. The summed E-state index contributed by atoms with van der Waals surface area (Å²) in [6.07, 6.45) is 7.50. The second-order valence-corrected chi connectivity index (χ2v) is 4.82. The summed E-state index contributed by atoms with van der Waals surface area (Å²) in [7, 11) is 1.80. The van der Waals surface area contributed by atoms with E-state index < -0.39 is 0 Å². The molecule has 0 spiro atoms. The van der Waals surface area contributed by atoms with E-state index >= 15 is 0 Å². The van der Waals surface area contributed by atoms with Crippen molar-refractivity contribution in [2.24, 2.45) is 0 Å². The molecule has 1 atom stereocenters. The quantitative estimate of drug-likeness (QED) is 0.751. The largest absolute Gasteiger partial charge is 0.366 e. The highest BCUT2D eigenvalue weighted by atomic mass is 35.5. The highest BCUT2D eigenvalue weighted by Gasteiger charge is 2.11. The molecule has 2 N–H and O–H groups in total. The number of anilines is 2. The maximum absolute atomic E-state index is 6.12. The van der Waals surface area contributed by atoms with E-state index in [1.54, 1.807) is 13.2 Å². The summed E-state index contributed by atoms with van der Waals surface area (Å²) < 4.78 is 0. The zero-order valence-corrected chi connectivity index (χ0v) is 12.2. The van der Waals surface area contributed by atoms with Crippen LogP contribution in [0.4, 0.5) is 11.8 Å². The molecule has 0 radical (unpaired) electrons. The average Bonchev–Trinajstić information content (AvgIpc) is 2.38. The SMILES string of the molecule is CCCCC(CCC)Nc1nc(NC)ncc1Cl. The van der Waals surface area contributed by atoms with Crippen molar-refractivity contribution in [1.29, 1.82) is 0 Å². The Balaban J connectivity index is 2.72. The van der Waals surface area contributed by atoms with Crippen molar-refractivity contribution in [3.63, 3.8) is 0 Å². The van der Waals surface area contributed by atoms with Gasteiger partial charge < -0.3 is 10.6 Å². The van der Waals surface area contributed by atoms with Crippen LogP contribution in [0.25, 0.3) is 0 Å². The third-order valence-electron chi connectivity index (χ3n) is 2.85. The molecular weight excluding hydrogens is 248 g/mol. The number of halogens is 1. The van der Waals surface area contributed by atoms with Crippen LogP contribution in [0.2, 0.25) is 5.02 Å². The number of hydrogen-bond donors (Lipinski definition) is 2. The van der Waals surface area contributed by atoms with Gasteiger partial charge in [-0.15, -0.1) is 0 Å². The number of nitrogens with zero attached hydrogens (tertiary/aromatic N) is 2. The molecule has 18 heavy (non-hydrogen) atoms. The Kier molecular flexibility index (Phi) is 6.80. The first kappa shape index (κ1) is 15.0. The molecule has 1 rings (SSSR count). The van der Waals surface area contributed by atoms with Crippen molar-refractivity contribution in [3.05, 3.63) is 11.2 Å².